The lowest BCUT2D eigenvalue weighted by Gasteiger charge is -2.06. The molecule has 2 heterocycles. The van der Waals surface area contributed by atoms with E-state index in [1.807, 2.05) is 30.3 Å². The first-order chi connectivity index (χ1) is 14.0. The average molecular weight is 411 g/mol. The van der Waals surface area contributed by atoms with E-state index in [-0.39, 0.29) is 30.9 Å². The van der Waals surface area contributed by atoms with Crippen molar-refractivity contribution in [3.8, 4) is 34.3 Å². The van der Waals surface area contributed by atoms with E-state index in [9.17, 15) is 8.42 Å². The molecule has 0 fully saturated rings. The molecule has 0 aliphatic carbocycles. The van der Waals surface area contributed by atoms with E-state index >= 15 is 0 Å². The van der Waals surface area contributed by atoms with E-state index in [2.05, 4.69) is 20.2 Å². The Bertz CT molecular complexity index is 1260. The van der Waals surface area contributed by atoms with Gasteiger partial charge in [0.1, 0.15) is 0 Å². The van der Waals surface area contributed by atoms with E-state index < -0.39 is 9.84 Å². The second kappa shape index (κ2) is 7.44. The van der Waals surface area contributed by atoms with Crippen LogP contribution in [-0.2, 0) is 9.84 Å². The lowest BCUT2D eigenvalue weighted by molar-refractivity contribution is 0.582. The number of nitrogen functional groups attached to an aromatic ring is 1. The van der Waals surface area contributed by atoms with E-state index in [0.717, 1.165) is 5.56 Å². The van der Waals surface area contributed by atoms with Crippen LogP contribution >= 0.6 is 0 Å². The first kappa shape index (κ1) is 18.8. The Morgan fingerprint density at radius 1 is 0.966 bits per heavy atom. The van der Waals surface area contributed by atoms with Gasteiger partial charge in [0.25, 0.3) is 5.89 Å². The number of sulfone groups is 1. The highest BCUT2D eigenvalue weighted by atomic mass is 32.2. The third kappa shape index (κ3) is 3.72. The lowest BCUT2D eigenvalue weighted by atomic mass is 10.1. The highest BCUT2D eigenvalue weighted by molar-refractivity contribution is 7.91. The molecular formula is C20H21N5O3S. The molecule has 0 spiro atoms. The predicted octanol–water partition coefficient (Wildman–Crippen LogP) is 3.73. The molecule has 0 aliphatic heterocycles. The molecule has 150 valence electrons. The fourth-order valence-corrected chi connectivity index (χ4v) is 3.59. The number of hydrogen-bond acceptors (Lipinski definition) is 8. The molecule has 0 radical (unpaired) electrons. The van der Waals surface area contributed by atoms with Gasteiger partial charge in [-0.3, -0.25) is 0 Å². The molecule has 29 heavy (non-hydrogen) atoms. The van der Waals surface area contributed by atoms with E-state index in [1.54, 1.807) is 31.2 Å². The third-order valence-electron chi connectivity index (χ3n) is 4.34. The number of rotatable bonds is 5. The first-order valence-corrected chi connectivity index (χ1v) is 10.5. The molecule has 0 saturated heterocycles. The molecule has 8 nitrogen and oxygen atoms in total. The van der Waals surface area contributed by atoms with E-state index in [1.165, 1.54) is 6.20 Å². The largest absolute Gasteiger partial charge is 0.414 e. The summed E-state index contributed by atoms with van der Waals surface area (Å²) < 4.78 is 29.7. The molecule has 0 atom stereocenters. The maximum Gasteiger partial charge on any atom is 0.270 e. The molecule has 0 bridgehead atoms. The van der Waals surface area contributed by atoms with Gasteiger partial charge in [-0.2, -0.15) is 0 Å². The Labute approximate surface area is 170 Å². The number of hydrogen-bond donors (Lipinski definition) is 1. The minimum atomic E-state index is -3.27. The normalized spacial score (nSPS) is 11.5. The van der Waals surface area contributed by atoms with Crippen LogP contribution in [0.25, 0.3) is 34.3 Å². The topological polar surface area (TPSA) is 125 Å². The molecular weight excluding hydrogens is 390 g/mol. The molecule has 2 aromatic heterocycles. The Kier molecular flexibility index (Phi) is 4.81. The van der Waals surface area contributed by atoms with Gasteiger partial charge >= 0.3 is 0 Å². The fraction of sp³-hybridized carbons (Fsp3) is 0.100. The Balaban J connectivity index is 0.00000171. The second-order valence-electron chi connectivity index (χ2n) is 6.20. The smallest absolute Gasteiger partial charge is 0.270 e. The minimum Gasteiger partial charge on any atom is -0.414 e. The number of aromatic nitrogens is 4. The van der Waals surface area contributed by atoms with Crippen molar-refractivity contribution in [1.82, 2.24) is 20.2 Å². The molecule has 2 N–H and O–H groups in total. The van der Waals surface area contributed by atoms with E-state index in [0.29, 0.717) is 17.1 Å². The van der Waals surface area contributed by atoms with Crippen LogP contribution in [0.5, 0.6) is 0 Å². The van der Waals surface area contributed by atoms with Crippen molar-refractivity contribution in [3.63, 3.8) is 0 Å². The van der Waals surface area contributed by atoms with Crippen molar-refractivity contribution in [3.05, 3.63) is 60.8 Å². The summed E-state index contributed by atoms with van der Waals surface area (Å²) in [4.78, 5) is 8.93. The summed E-state index contributed by atoms with van der Waals surface area (Å²) in [6.45, 7) is 1.61. The quantitative estimate of drug-likeness (QED) is 0.526. The van der Waals surface area contributed by atoms with Crippen LogP contribution in [0.4, 0.5) is 5.82 Å². The summed E-state index contributed by atoms with van der Waals surface area (Å²) in [7, 11) is -3.27. The number of benzene rings is 2. The lowest BCUT2D eigenvalue weighted by Crippen LogP contribution is -2.03. The van der Waals surface area contributed by atoms with Crippen LogP contribution < -0.4 is 5.73 Å². The minimum absolute atomic E-state index is 0. The SMILES string of the molecule is CCS(=O)(=O)c1ccc(-c2cnc(N)c(-c3nnc(-c4ccccc4)o3)n2)cc1.[HH].[HH]. The summed E-state index contributed by atoms with van der Waals surface area (Å²) in [6, 6.07) is 15.8. The van der Waals surface area contributed by atoms with E-state index in [4.69, 9.17) is 10.2 Å². The van der Waals surface area contributed by atoms with Gasteiger partial charge < -0.3 is 10.2 Å². The summed E-state index contributed by atoms with van der Waals surface area (Å²) in [5, 5.41) is 8.09. The maximum atomic E-state index is 12.0. The van der Waals surface area contributed by atoms with Crippen LogP contribution in [0.15, 0.2) is 70.1 Å². The zero-order chi connectivity index (χ0) is 20.4. The molecule has 0 unspecified atom stereocenters. The van der Waals surface area contributed by atoms with Crippen molar-refractivity contribution in [2.45, 2.75) is 11.8 Å². The summed E-state index contributed by atoms with van der Waals surface area (Å²) in [6.07, 6.45) is 1.51. The molecule has 9 heteroatoms. The van der Waals surface area contributed by atoms with Gasteiger partial charge in [-0.1, -0.05) is 37.3 Å². The molecule has 4 aromatic rings. The standard InChI is InChI=1S/C20H17N5O3S.2H2/c1-2-29(26,27)15-10-8-13(9-11-15)16-12-22-18(21)17(23-16)20-25-24-19(28-20)14-6-4-3-5-7-14;;/h3-12H,2H2,1H3,(H2,21,22);2*1H. The number of nitrogens with zero attached hydrogens (tertiary/aromatic N) is 4. The zero-order valence-electron chi connectivity index (χ0n) is 15.5. The number of anilines is 1. The van der Waals surface area contributed by atoms with Crippen LogP contribution in [0.3, 0.4) is 0 Å². The molecule has 2 aromatic carbocycles. The van der Waals surface area contributed by atoms with Crippen molar-refractivity contribution in [2.24, 2.45) is 0 Å². The molecule has 0 aliphatic rings. The maximum absolute atomic E-state index is 12.0. The Morgan fingerprint density at radius 3 is 2.34 bits per heavy atom. The Morgan fingerprint density at radius 2 is 1.66 bits per heavy atom. The van der Waals surface area contributed by atoms with Crippen molar-refractivity contribution in [2.75, 3.05) is 11.5 Å². The van der Waals surface area contributed by atoms with Gasteiger partial charge in [0.15, 0.2) is 21.3 Å². The second-order valence-corrected chi connectivity index (χ2v) is 8.47. The van der Waals surface area contributed by atoms with Gasteiger partial charge in [-0.15, -0.1) is 10.2 Å². The van der Waals surface area contributed by atoms with Gasteiger partial charge in [-0.05, 0) is 24.3 Å². The van der Waals surface area contributed by atoms with Crippen molar-refractivity contribution < 1.29 is 15.7 Å². The Hall–Kier alpha value is -3.59. The highest BCUT2D eigenvalue weighted by Crippen LogP contribution is 2.28. The van der Waals surface area contributed by atoms with Crippen molar-refractivity contribution in [1.29, 1.82) is 0 Å². The predicted molar refractivity (Wildman–Crippen MR) is 113 cm³/mol. The molecule has 0 saturated carbocycles. The molecule has 0 amide bonds. The third-order valence-corrected chi connectivity index (χ3v) is 6.09. The van der Waals surface area contributed by atoms with Gasteiger partial charge in [-0.25, -0.2) is 18.4 Å². The van der Waals surface area contributed by atoms with Crippen molar-refractivity contribution >= 4 is 15.7 Å². The zero-order valence-corrected chi connectivity index (χ0v) is 16.3. The summed E-state index contributed by atoms with van der Waals surface area (Å²) in [5.41, 5.74) is 8.21. The van der Waals surface area contributed by atoms with Crippen LogP contribution in [0.1, 0.15) is 9.78 Å². The van der Waals surface area contributed by atoms with Gasteiger partial charge in [0, 0.05) is 14.0 Å². The van der Waals surface area contributed by atoms with Crippen LogP contribution in [0, 0.1) is 0 Å². The monoisotopic (exact) mass is 411 g/mol. The van der Waals surface area contributed by atoms with Gasteiger partial charge in [0.2, 0.25) is 5.89 Å². The molecule has 4 rings (SSSR count). The highest BCUT2D eigenvalue weighted by Gasteiger charge is 2.17. The summed E-state index contributed by atoms with van der Waals surface area (Å²) >= 11 is 0. The van der Waals surface area contributed by atoms with Crippen LogP contribution in [0.2, 0.25) is 0 Å². The number of nitrogens with two attached hydrogens (primary N) is 1. The van der Waals surface area contributed by atoms with Crippen LogP contribution in [-0.4, -0.2) is 34.3 Å². The fourth-order valence-electron chi connectivity index (χ4n) is 2.71. The van der Waals surface area contributed by atoms with Gasteiger partial charge in [0.05, 0.1) is 22.5 Å². The first-order valence-electron chi connectivity index (χ1n) is 8.83. The summed E-state index contributed by atoms with van der Waals surface area (Å²) in [5.74, 6) is 0.698. The average Bonchev–Trinajstić information content (AvgIpc) is 3.25.